The van der Waals surface area contributed by atoms with Crippen LogP contribution in [0.3, 0.4) is 0 Å². The van der Waals surface area contributed by atoms with Gasteiger partial charge in [-0.15, -0.1) is 0 Å². The Balaban J connectivity index is 2.62. The number of rotatable bonds is 1. The summed E-state index contributed by atoms with van der Waals surface area (Å²) >= 11 is 0. The number of benzene rings is 1. The third-order valence-electron chi connectivity index (χ3n) is 3.52. The third kappa shape index (κ3) is 2.40. The summed E-state index contributed by atoms with van der Waals surface area (Å²) in [5, 5.41) is -0.441. The summed E-state index contributed by atoms with van der Waals surface area (Å²) in [5.41, 5.74) is 12.0. The molecule has 0 spiro atoms. The minimum absolute atomic E-state index is 0.217. The first kappa shape index (κ1) is 14.5. The molecule has 1 aliphatic heterocycles. The molecule has 1 atom stereocenters. The van der Waals surface area contributed by atoms with Gasteiger partial charge in [0.2, 0.25) is 0 Å². The third-order valence-corrected chi connectivity index (χ3v) is 5.81. The van der Waals surface area contributed by atoms with Crippen molar-refractivity contribution in [1.82, 2.24) is 0 Å². The maximum Gasteiger partial charge on any atom is 0.280 e. The van der Waals surface area contributed by atoms with Crippen LogP contribution in [0.2, 0.25) is 0 Å². The highest BCUT2D eigenvalue weighted by Crippen LogP contribution is 2.32. The first-order valence-electron chi connectivity index (χ1n) is 6.25. The van der Waals surface area contributed by atoms with E-state index in [-0.39, 0.29) is 16.4 Å². The number of hydrogen-bond donors (Lipinski definition) is 2. The molecular formula is C13H17N3O3S. The minimum atomic E-state index is -3.39. The molecule has 1 aromatic carbocycles. The zero-order chi connectivity index (χ0) is 15.1. The molecule has 0 aliphatic carbocycles. The van der Waals surface area contributed by atoms with E-state index in [1.807, 2.05) is 0 Å². The molecular weight excluding hydrogens is 278 g/mol. The molecule has 0 aromatic heterocycles. The number of carbonyl (C=O) groups excluding carboxylic acids is 1. The molecule has 1 heterocycles. The number of amides is 1. The van der Waals surface area contributed by atoms with E-state index in [0.717, 1.165) is 5.56 Å². The number of aryl methyl sites for hydroxylation is 2. The lowest BCUT2D eigenvalue weighted by atomic mass is 10.0. The number of aliphatic imine (C=N–C) groups is 1. The van der Waals surface area contributed by atoms with Crippen LogP contribution in [0.5, 0.6) is 0 Å². The van der Waals surface area contributed by atoms with E-state index in [4.69, 9.17) is 11.5 Å². The van der Waals surface area contributed by atoms with E-state index in [1.54, 1.807) is 19.9 Å². The summed E-state index contributed by atoms with van der Waals surface area (Å²) in [6, 6.07) is 3.12. The largest absolute Gasteiger partial charge is 0.370 e. The van der Waals surface area contributed by atoms with Crippen molar-refractivity contribution >= 4 is 21.7 Å². The van der Waals surface area contributed by atoms with Crippen molar-refractivity contribution in [2.24, 2.45) is 16.5 Å². The molecule has 1 aromatic rings. The summed E-state index contributed by atoms with van der Waals surface area (Å²) in [6.07, 6.45) is 1.28. The lowest BCUT2D eigenvalue weighted by Crippen LogP contribution is -2.26. The van der Waals surface area contributed by atoms with Crippen molar-refractivity contribution in [3.05, 3.63) is 28.8 Å². The molecule has 0 fully saturated rings. The molecule has 4 N–H and O–H groups in total. The zero-order valence-electron chi connectivity index (χ0n) is 11.4. The predicted molar refractivity (Wildman–Crippen MR) is 76.3 cm³/mol. The standard InChI is InChI=1S/C13H17N3O3S/c1-7-5-9-4-3-8(2)20(18,19)11(9)6-10(7)12(17)16-13(14)15/h5-6,8H,3-4H2,1-2H3,(H4,14,15,16,17). The van der Waals surface area contributed by atoms with Gasteiger partial charge < -0.3 is 11.5 Å². The van der Waals surface area contributed by atoms with Crippen LogP contribution in [0.4, 0.5) is 0 Å². The highest BCUT2D eigenvalue weighted by molar-refractivity contribution is 7.92. The minimum Gasteiger partial charge on any atom is -0.370 e. The second kappa shape index (κ2) is 4.90. The Morgan fingerprint density at radius 3 is 2.60 bits per heavy atom. The molecule has 0 saturated heterocycles. The monoisotopic (exact) mass is 295 g/mol. The quantitative estimate of drug-likeness (QED) is 0.578. The van der Waals surface area contributed by atoms with Crippen molar-refractivity contribution < 1.29 is 13.2 Å². The summed E-state index contributed by atoms with van der Waals surface area (Å²) < 4.78 is 24.6. The van der Waals surface area contributed by atoms with Gasteiger partial charge in [-0.2, -0.15) is 4.99 Å². The van der Waals surface area contributed by atoms with Crippen molar-refractivity contribution in [3.63, 3.8) is 0 Å². The normalized spacial score (nSPS) is 20.0. The fourth-order valence-electron chi connectivity index (χ4n) is 2.35. The fraction of sp³-hybridized carbons (Fsp3) is 0.385. The Bertz CT molecular complexity index is 704. The van der Waals surface area contributed by atoms with Gasteiger partial charge >= 0.3 is 0 Å². The van der Waals surface area contributed by atoms with E-state index < -0.39 is 21.0 Å². The molecule has 7 heteroatoms. The van der Waals surface area contributed by atoms with Gasteiger partial charge in [0, 0.05) is 5.56 Å². The van der Waals surface area contributed by atoms with E-state index in [9.17, 15) is 13.2 Å². The Labute approximate surface area is 117 Å². The van der Waals surface area contributed by atoms with E-state index in [1.165, 1.54) is 6.07 Å². The molecule has 20 heavy (non-hydrogen) atoms. The number of carbonyl (C=O) groups is 1. The van der Waals surface area contributed by atoms with Crippen LogP contribution in [0.1, 0.15) is 34.8 Å². The van der Waals surface area contributed by atoms with Gasteiger partial charge in [-0.05, 0) is 43.9 Å². The summed E-state index contributed by atoms with van der Waals surface area (Å²) in [4.78, 5) is 15.6. The average molecular weight is 295 g/mol. The highest BCUT2D eigenvalue weighted by Gasteiger charge is 2.31. The first-order chi connectivity index (χ1) is 9.23. The molecule has 0 saturated carbocycles. The van der Waals surface area contributed by atoms with Crippen LogP contribution >= 0.6 is 0 Å². The SMILES string of the molecule is Cc1cc2c(cc1C(=O)N=C(N)N)S(=O)(=O)C(C)CC2. The molecule has 2 rings (SSSR count). The molecule has 108 valence electrons. The van der Waals surface area contributed by atoms with Gasteiger partial charge in [0.05, 0.1) is 10.1 Å². The number of sulfone groups is 1. The topological polar surface area (TPSA) is 116 Å². The van der Waals surface area contributed by atoms with Crippen LogP contribution in [0.15, 0.2) is 22.0 Å². The van der Waals surface area contributed by atoms with Crippen LogP contribution in [-0.4, -0.2) is 25.5 Å². The second-order valence-electron chi connectivity index (χ2n) is 5.01. The van der Waals surface area contributed by atoms with Gasteiger partial charge in [-0.1, -0.05) is 6.07 Å². The molecule has 0 radical (unpaired) electrons. The van der Waals surface area contributed by atoms with Crippen molar-refractivity contribution in [1.29, 1.82) is 0 Å². The number of nitrogens with zero attached hydrogens (tertiary/aromatic N) is 1. The number of nitrogens with two attached hydrogens (primary N) is 2. The Hall–Kier alpha value is -1.89. The maximum atomic E-state index is 12.3. The van der Waals surface area contributed by atoms with Crippen molar-refractivity contribution in [2.45, 2.75) is 36.8 Å². The predicted octanol–water partition coefficient (Wildman–Crippen LogP) is 0.517. The number of fused-ring (bicyclic) bond motifs is 1. The lowest BCUT2D eigenvalue weighted by Gasteiger charge is -2.23. The Morgan fingerprint density at radius 1 is 1.35 bits per heavy atom. The van der Waals surface area contributed by atoms with Crippen molar-refractivity contribution in [2.75, 3.05) is 0 Å². The van der Waals surface area contributed by atoms with E-state index in [0.29, 0.717) is 18.4 Å². The van der Waals surface area contributed by atoms with Crippen LogP contribution in [-0.2, 0) is 16.3 Å². The summed E-state index contributed by atoms with van der Waals surface area (Å²) in [7, 11) is -3.39. The van der Waals surface area contributed by atoms with Gasteiger partial charge in [-0.25, -0.2) is 8.42 Å². The Kier molecular flexibility index (Phi) is 3.56. The smallest absolute Gasteiger partial charge is 0.280 e. The summed E-state index contributed by atoms with van der Waals surface area (Å²) in [6.45, 7) is 3.41. The van der Waals surface area contributed by atoms with Crippen LogP contribution in [0, 0.1) is 6.92 Å². The molecule has 1 amide bonds. The highest BCUT2D eigenvalue weighted by atomic mass is 32.2. The first-order valence-corrected chi connectivity index (χ1v) is 7.79. The summed E-state index contributed by atoms with van der Waals surface area (Å²) in [5.74, 6) is -0.970. The zero-order valence-corrected chi connectivity index (χ0v) is 12.2. The lowest BCUT2D eigenvalue weighted by molar-refractivity contribution is 0.100. The van der Waals surface area contributed by atoms with Crippen molar-refractivity contribution in [3.8, 4) is 0 Å². The van der Waals surface area contributed by atoms with Gasteiger partial charge in [0.1, 0.15) is 0 Å². The number of hydrogen-bond acceptors (Lipinski definition) is 3. The van der Waals surface area contributed by atoms with Crippen LogP contribution < -0.4 is 11.5 Å². The molecule has 1 aliphatic rings. The van der Waals surface area contributed by atoms with Gasteiger partial charge in [0.15, 0.2) is 15.8 Å². The fourth-order valence-corrected chi connectivity index (χ4v) is 4.02. The second-order valence-corrected chi connectivity index (χ2v) is 7.35. The maximum absolute atomic E-state index is 12.3. The van der Waals surface area contributed by atoms with Gasteiger partial charge in [0.25, 0.3) is 5.91 Å². The Morgan fingerprint density at radius 2 is 2.00 bits per heavy atom. The molecule has 1 unspecified atom stereocenters. The van der Waals surface area contributed by atoms with E-state index >= 15 is 0 Å². The number of guanidine groups is 1. The van der Waals surface area contributed by atoms with Crippen LogP contribution in [0.25, 0.3) is 0 Å². The van der Waals surface area contributed by atoms with E-state index in [2.05, 4.69) is 4.99 Å². The average Bonchev–Trinajstić information content (AvgIpc) is 2.32. The molecule has 6 nitrogen and oxygen atoms in total. The molecule has 0 bridgehead atoms. The van der Waals surface area contributed by atoms with Gasteiger partial charge in [-0.3, -0.25) is 4.79 Å².